The summed E-state index contributed by atoms with van der Waals surface area (Å²) in [6.45, 7) is 16.0. The molecule has 97 heavy (non-hydrogen) atoms. The fraction of sp³-hybridized carbons (Fsp3) is 0.423. The number of fused-ring (bicyclic) bond motifs is 6. The predicted molar refractivity (Wildman–Crippen MR) is 378 cm³/mol. The lowest BCUT2D eigenvalue weighted by atomic mass is 9.68. The highest BCUT2D eigenvalue weighted by atomic mass is 35.5. The van der Waals surface area contributed by atoms with E-state index in [-0.39, 0.29) is 31.1 Å². The van der Waals surface area contributed by atoms with Crippen molar-refractivity contribution in [3.05, 3.63) is 169 Å². The van der Waals surface area contributed by atoms with Crippen LogP contribution in [0.3, 0.4) is 0 Å². The minimum atomic E-state index is -2.68. The Morgan fingerprint density at radius 1 is 0.526 bits per heavy atom. The highest BCUT2D eigenvalue weighted by Gasteiger charge is 2.45. The van der Waals surface area contributed by atoms with Crippen molar-refractivity contribution in [3.8, 4) is 0 Å². The van der Waals surface area contributed by atoms with Gasteiger partial charge in [0.05, 0.1) is 88.2 Å². The Bertz CT molecular complexity index is 4590. The van der Waals surface area contributed by atoms with Crippen LogP contribution in [0.1, 0.15) is 157 Å². The fourth-order valence-electron chi connectivity index (χ4n) is 14.5. The van der Waals surface area contributed by atoms with Crippen LogP contribution in [-0.4, -0.2) is 110 Å². The molecule has 2 saturated carbocycles. The van der Waals surface area contributed by atoms with E-state index in [1.165, 1.54) is 10.9 Å². The summed E-state index contributed by atoms with van der Waals surface area (Å²) in [5.41, 5.74) is 8.84. The molecule has 5 aromatic carbocycles. The Morgan fingerprint density at radius 3 is 1.47 bits per heavy atom. The van der Waals surface area contributed by atoms with Crippen molar-refractivity contribution in [2.75, 3.05) is 42.6 Å². The average molecular weight is 1420 g/mol. The number of aromatic nitrogens is 12. The van der Waals surface area contributed by atoms with Crippen LogP contribution in [0, 0.1) is 12.3 Å². The van der Waals surface area contributed by atoms with Crippen molar-refractivity contribution in [2.45, 2.75) is 153 Å². The molecule has 510 valence electrons. The van der Waals surface area contributed by atoms with Gasteiger partial charge in [-0.3, -0.25) is 25.5 Å². The number of nitrogens with zero attached hydrogens (tertiary/aromatic N) is 9. The van der Waals surface area contributed by atoms with Crippen LogP contribution >= 0.6 is 58.0 Å². The fourth-order valence-corrected chi connectivity index (χ4v) is 15.6. The molecule has 0 spiro atoms. The molecule has 12 aromatic rings. The number of alkyl halides is 2. The van der Waals surface area contributed by atoms with Gasteiger partial charge in [-0.25, -0.2) is 18.7 Å². The molecule has 0 bridgehead atoms. The lowest BCUT2D eigenvalue weighted by Gasteiger charge is -2.40. The van der Waals surface area contributed by atoms with Crippen molar-refractivity contribution in [2.24, 2.45) is 5.41 Å². The second kappa shape index (κ2) is 27.8. The average Bonchev–Trinajstić information content (AvgIpc) is 1.75. The number of hydrogen-bond donors (Lipinski definition) is 7. The van der Waals surface area contributed by atoms with Gasteiger partial charge in [0.15, 0.2) is 11.8 Å². The first-order valence-corrected chi connectivity index (χ1v) is 34.7. The SMILES string of the molecule is CC1(C)CCC(O)(c2cc(Cl)cc3[nH]ncc23)CC1.Cc1nc2c(o1)CN(c1cc(Cl)cc3[nH]ncc13)CC2(C)C.Clc1cc(C2CCOCC2)c2cn[nH]c2c1.Clc1cc(N2CCC(c3ncco3)CC2)c2cn[nH]c2c1.OC1(c2cc(Cl)cc3[nH]ncc23)CCC(F)(F)CC1. The Morgan fingerprint density at radius 2 is 0.969 bits per heavy atom. The van der Waals surface area contributed by atoms with E-state index in [1.807, 2.05) is 68.0 Å². The molecule has 10 heterocycles. The summed E-state index contributed by atoms with van der Waals surface area (Å²) in [4.78, 5) is 13.5. The summed E-state index contributed by atoms with van der Waals surface area (Å²) in [6, 6.07) is 18.9. The number of benzene rings is 5. The summed E-state index contributed by atoms with van der Waals surface area (Å²) in [6.07, 6.45) is 19.6. The van der Waals surface area contributed by atoms with Crippen molar-refractivity contribution in [1.29, 1.82) is 0 Å². The lowest BCUT2D eigenvalue weighted by molar-refractivity contribution is -0.106. The predicted octanol–water partition coefficient (Wildman–Crippen LogP) is 18.1. The maximum Gasteiger partial charge on any atom is 0.248 e. The highest BCUT2D eigenvalue weighted by Crippen LogP contribution is 2.49. The third-order valence-electron chi connectivity index (χ3n) is 19.9. The van der Waals surface area contributed by atoms with Gasteiger partial charge in [-0.05, 0) is 153 Å². The molecule has 2 aliphatic carbocycles. The standard InChI is InChI=1S/C16H17ClN4O.C15H15ClN4O.C15H19ClN2O.C13H13ClF2N2O.C12H13ClN2O/c1-9-19-15-14(22-9)7-21(8-16(15,2)3)13-5-10(17)4-12-11(13)6-18-20-12;16-11-7-13-12(9-18-19-13)14(8-11)20-4-1-10(2-5-20)15-17-3-6-21-15;1-14(2)3-5-15(19,6-4-14)12-7-10(16)8-13-11(12)9-17-18-13;14-8-5-10(9-7-17-18-11(9)6-8)12(19)1-3-13(15,16)4-2-12;13-9-5-10(8-1-3-16-4-2-8)11-7-14-15-12(11)6-9/h4-6H,7-8H2,1-3H3,(H,18,20);3,6-10H,1-2,4-5H2,(H,18,19);7-9,19H,3-6H2,1-2H3,(H,17,18);5-7,19H,1-4H2,(H,17,18);5-8H,1-4H2,(H,14,15). The molecule has 7 aromatic heterocycles. The molecule has 26 heteroatoms. The van der Waals surface area contributed by atoms with Crippen molar-refractivity contribution in [3.63, 3.8) is 0 Å². The van der Waals surface area contributed by atoms with Crippen LogP contribution in [0.15, 0.2) is 113 Å². The number of hydrogen-bond acceptors (Lipinski definition) is 14. The molecular formula is C71H77Cl5F2N14O5. The molecule has 3 aliphatic heterocycles. The topological polar surface area (TPSA) is 252 Å². The molecule has 2 saturated heterocycles. The number of aryl methyl sites for hydroxylation is 1. The highest BCUT2D eigenvalue weighted by molar-refractivity contribution is 6.33. The second-order valence-corrected chi connectivity index (χ2v) is 29.9. The van der Waals surface area contributed by atoms with Gasteiger partial charge in [0.1, 0.15) is 12.0 Å². The quantitative estimate of drug-likeness (QED) is 0.0818. The van der Waals surface area contributed by atoms with Crippen LogP contribution in [0.2, 0.25) is 25.1 Å². The van der Waals surface area contributed by atoms with Crippen LogP contribution in [-0.2, 0) is 27.9 Å². The van der Waals surface area contributed by atoms with Crippen molar-refractivity contribution >= 4 is 124 Å². The Balaban J connectivity index is 0.000000110. The Kier molecular flexibility index (Phi) is 19.5. The molecule has 0 radical (unpaired) electrons. The smallest absolute Gasteiger partial charge is 0.248 e. The summed E-state index contributed by atoms with van der Waals surface area (Å²) in [5.74, 6) is 0.794. The number of oxazole rings is 2. The van der Waals surface area contributed by atoms with Gasteiger partial charge >= 0.3 is 0 Å². The second-order valence-electron chi connectivity index (χ2n) is 27.8. The lowest BCUT2D eigenvalue weighted by Crippen LogP contribution is -2.42. The number of aliphatic hydroxyl groups is 2. The number of nitrogens with one attached hydrogen (secondary N) is 5. The van der Waals surface area contributed by atoms with Gasteiger partial charge in [0.25, 0.3) is 0 Å². The zero-order chi connectivity index (χ0) is 68.0. The maximum atomic E-state index is 13.2. The van der Waals surface area contributed by atoms with E-state index < -0.39 is 17.1 Å². The largest absolute Gasteiger partial charge is 0.449 e. The van der Waals surface area contributed by atoms with Gasteiger partial charge in [-0.2, -0.15) is 25.5 Å². The molecule has 0 atom stereocenters. The van der Waals surface area contributed by atoms with Crippen LogP contribution in [0.4, 0.5) is 20.2 Å². The summed E-state index contributed by atoms with van der Waals surface area (Å²) in [5, 5.41) is 65.1. The zero-order valence-corrected chi connectivity index (χ0v) is 58.3. The third-order valence-corrected chi connectivity index (χ3v) is 20.9. The molecular weight excluding hydrogens is 1340 g/mol. The number of rotatable bonds is 6. The van der Waals surface area contributed by atoms with Gasteiger partial charge in [-0.1, -0.05) is 85.7 Å². The summed E-state index contributed by atoms with van der Waals surface area (Å²) in [7, 11) is 0. The number of H-pyrrole nitrogens is 5. The van der Waals surface area contributed by atoms with Crippen molar-refractivity contribution < 1.29 is 32.6 Å². The van der Waals surface area contributed by atoms with Crippen molar-refractivity contribution in [1.82, 2.24) is 61.0 Å². The first kappa shape index (κ1) is 68.2. The van der Waals surface area contributed by atoms with Gasteiger partial charge in [0.2, 0.25) is 5.92 Å². The minimum absolute atomic E-state index is 0.0284. The Hall–Kier alpha value is -7.34. The van der Waals surface area contributed by atoms with Gasteiger partial charge in [-0.15, -0.1) is 0 Å². The molecule has 0 unspecified atom stereocenters. The van der Waals surface area contributed by atoms with E-state index in [2.05, 4.69) is 105 Å². The number of anilines is 2. The monoisotopic (exact) mass is 1420 g/mol. The number of halogens is 7. The molecule has 4 fully saturated rings. The first-order valence-electron chi connectivity index (χ1n) is 32.8. The van der Waals surface area contributed by atoms with Crippen LogP contribution < -0.4 is 9.80 Å². The molecule has 19 nitrogen and oxygen atoms in total. The first-order chi connectivity index (χ1) is 46.4. The van der Waals surface area contributed by atoms with E-state index in [1.54, 1.807) is 37.0 Å². The third kappa shape index (κ3) is 15.0. The number of ether oxygens (including phenoxy) is 1. The normalized spacial score (nSPS) is 18.9. The van der Waals surface area contributed by atoms with E-state index >= 15 is 0 Å². The molecule has 17 rings (SSSR count). The minimum Gasteiger partial charge on any atom is -0.449 e. The number of piperidine rings is 1. The van der Waals surface area contributed by atoms with E-state index in [0.29, 0.717) is 49.9 Å². The van der Waals surface area contributed by atoms with E-state index in [0.717, 1.165) is 178 Å². The molecule has 7 N–H and O–H groups in total. The van der Waals surface area contributed by atoms with Gasteiger partial charge < -0.3 is 33.6 Å². The molecule has 0 amide bonds. The molecule has 5 aliphatic rings. The summed E-state index contributed by atoms with van der Waals surface area (Å²) < 4.78 is 43.1. The van der Waals surface area contributed by atoms with Crippen LogP contribution in [0.25, 0.3) is 54.5 Å². The number of aromatic amines is 5. The van der Waals surface area contributed by atoms with Crippen LogP contribution in [0.5, 0.6) is 0 Å². The summed E-state index contributed by atoms with van der Waals surface area (Å²) >= 11 is 30.8. The maximum absolute atomic E-state index is 13.2. The van der Waals surface area contributed by atoms with E-state index in [9.17, 15) is 19.0 Å². The zero-order valence-electron chi connectivity index (χ0n) is 54.5. The Labute approximate surface area is 583 Å². The van der Waals surface area contributed by atoms with E-state index in [4.69, 9.17) is 71.6 Å². The van der Waals surface area contributed by atoms with Gasteiger partial charge in [0, 0.05) is 127 Å².